The SMILES string of the molecule is C[C@@H](c1nc(-c2ccc(C#N)cc2)cs1)[C@@](Cn1cncn1)(OC(=O)OCOC(=O)c1cccc(CN(CCO)CCO)c1)c1ccc(F)cc1F. The van der Waals surface area contributed by atoms with Gasteiger partial charge < -0.3 is 24.4 Å². The molecule has 0 aliphatic rings. The molecule has 52 heavy (non-hydrogen) atoms. The van der Waals surface area contributed by atoms with Crippen molar-refractivity contribution >= 4 is 23.5 Å². The molecule has 0 aliphatic heterocycles. The number of esters is 1. The molecule has 0 saturated carbocycles. The number of aliphatic hydroxyl groups excluding tert-OH is 2. The second-order valence-corrected chi connectivity index (χ2v) is 12.4. The van der Waals surface area contributed by atoms with Gasteiger partial charge in [0, 0.05) is 42.2 Å². The highest BCUT2D eigenvalue weighted by Crippen LogP contribution is 2.45. The summed E-state index contributed by atoms with van der Waals surface area (Å²) in [5.41, 5.74) is 0.463. The first-order valence-electron chi connectivity index (χ1n) is 16.0. The molecule has 0 bridgehead atoms. The zero-order valence-corrected chi connectivity index (χ0v) is 28.7. The summed E-state index contributed by atoms with van der Waals surface area (Å²) < 4.78 is 47.6. The van der Waals surface area contributed by atoms with Crippen LogP contribution in [0.3, 0.4) is 0 Å². The number of carbonyl (C=O) groups is 2. The van der Waals surface area contributed by atoms with Gasteiger partial charge in [0.1, 0.15) is 29.3 Å². The number of carbonyl (C=O) groups excluding carboxylic acids is 2. The Labute approximate surface area is 301 Å². The van der Waals surface area contributed by atoms with Crippen LogP contribution < -0.4 is 0 Å². The fraction of sp³-hybridized carbons (Fsp3) is 0.278. The number of aromatic nitrogens is 4. The summed E-state index contributed by atoms with van der Waals surface area (Å²) in [5.74, 6) is -3.57. The maximum absolute atomic E-state index is 15.7. The molecule has 0 saturated heterocycles. The normalized spacial score (nSPS) is 12.9. The van der Waals surface area contributed by atoms with Crippen LogP contribution in [0.5, 0.6) is 0 Å². The molecule has 0 radical (unpaired) electrons. The zero-order valence-electron chi connectivity index (χ0n) is 27.9. The van der Waals surface area contributed by atoms with Crippen molar-refractivity contribution in [3.63, 3.8) is 0 Å². The summed E-state index contributed by atoms with van der Waals surface area (Å²) >= 11 is 1.21. The summed E-state index contributed by atoms with van der Waals surface area (Å²) in [6.45, 7) is 1.29. The molecule has 2 N–H and O–H groups in total. The monoisotopic (exact) mass is 732 g/mol. The van der Waals surface area contributed by atoms with E-state index in [0.29, 0.717) is 47.5 Å². The molecule has 2 aromatic heterocycles. The van der Waals surface area contributed by atoms with Gasteiger partial charge in [-0.2, -0.15) is 10.4 Å². The molecular formula is C36H34F2N6O7S. The molecule has 0 unspecified atom stereocenters. The Kier molecular flexibility index (Phi) is 12.7. The van der Waals surface area contributed by atoms with Crippen LogP contribution in [0.15, 0.2) is 84.8 Å². The highest BCUT2D eigenvalue weighted by molar-refractivity contribution is 7.10. The van der Waals surface area contributed by atoms with E-state index in [2.05, 4.69) is 16.2 Å². The lowest BCUT2D eigenvalue weighted by atomic mass is 9.81. The molecular weight excluding hydrogens is 698 g/mol. The van der Waals surface area contributed by atoms with Gasteiger partial charge in [0.15, 0.2) is 5.60 Å². The fourth-order valence-electron chi connectivity index (χ4n) is 5.55. The van der Waals surface area contributed by atoms with Crippen LogP contribution in [-0.4, -0.2) is 80.1 Å². The Bertz CT molecular complexity index is 2000. The van der Waals surface area contributed by atoms with Crippen molar-refractivity contribution in [2.75, 3.05) is 33.1 Å². The van der Waals surface area contributed by atoms with Gasteiger partial charge in [-0.25, -0.2) is 33.0 Å². The lowest BCUT2D eigenvalue weighted by molar-refractivity contribution is -0.0882. The van der Waals surface area contributed by atoms with Crippen molar-refractivity contribution in [1.29, 1.82) is 5.26 Å². The summed E-state index contributed by atoms with van der Waals surface area (Å²) in [4.78, 5) is 36.8. The predicted molar refractivity (Wildman–Crippen MR) is 182 cm³/mol. The second kappa shape index (κ2) is 17.6. The first-order chi connectivity index (χ1) is 25.1. The maximum atomic E-state index is 15.7. The van der Waals surface area contributed by atoms with Crippen LogP contribution in [-0.2, 0) is 32.9 Å². The van der Waals surface area contributed by atoms with Gasteiger partial charge in [0.2, 0.25) is 6.79 Å². The molecule has 2 atom stereocenters. The third kappa shape index (κ3) is 9.19. The number of thiazole rings is 1. The molecule has 16 heteroatoms. The van der Waals surface area contributed by atoms with Gasteiger partial charge in [-0.3, -0.25) is 4.90 Å². The van der Waals surface area contributed by atoms with Crippen molar-refractivity contribution < 1.29 is 42.8 Å². The van der Waals surface area contributed by atoms with Gasteiger partial charge in [-0.15, -0.1) is 11.3 Å². The highest BCUT2D eigenvalue weighted by atomic mass is 32.1. The number of rotatable bonds is 16. The van der Waals surface area contributed by atoms with Crippen LogP contribution in [0.2, 0.25) is 0 Å². The van der Waals surface area contributed by atoms with Crippen molar-refractivity contribution in [3.8, 4) is 17.3 Å². The molecule has 0 aliphatic carbocycles. The van der Waals surface area contributed by atoms with E-state index in [1.54, 1.807) is 59.7 Å². The number of ether oxygens (including phenoxy) is 3. The van der Waals surface area contributed by atoms with Gasteiger partial charge in [0.05, 0.1) is 48.6 Å². The summed E-state index contributed by atoms with van der Waals surface area (Å²) in [7, 11) is 0. The van der Waals surface area contributed by atoms with Crippen LogP contribution >= 0.6 is 11.3 Å². The van der Waals surface area contributed by atoms with Crippen LogP contribution in [0.1, 0.15) is 44.9 Å². The minimum absolute atomic E-state index is 0.106. The van der Waals surface area contributed by atoms with Gasteiger partial charge in [-0.05, 0) is 42.0 Å². The quantitative estimate of drug-likeness (QED) is 0.103. The van der Waals surface area contributed by atoms with E-state index in [9.17, 15) is 29.5 Å². The van der Waals surface area contributed by atoms with E-state index in [-0.39, 0.29) is 30.9 Å². The fourth-order valence-corrected chi connectivity index (χ4v) is 6.52. The lowest BCUT2D eigenvalue weighted by Gasteiger charge is -2.37. The number of nitriles is 1. The average molecular weight is 733 g/mol. The topological polar surface area (TPSA) is 173 Å². The Hall–Kier alpha value is -5.60. The Morgan fingerprint density at radius 1 is 1.06 bits per heavy atom. The third-order valence-electron chi connectivity index (χ3n) is 8.19. The van der Waals surface area contributed by atoms with Crippen LogP contribution in [0.25, 0.3) is 11.3 Å². The number of nitrogens with zero attached hydrogens (tertiary/aromatic N) is 6. The Balaban J connectivity index is 1.39. The van der Waals surface area contributed by atoms with Crippen molar-refractivity contribution in [2.24, 2.45) is 0 Å². The van der Waals surface area contributed by atoms with E-state index in [1.165, 1.54) is 34.7 Å². The average Bonchev–Trinajstić information content (AvgIpc) is 3.84. The minimum Gasteiger partial charge on any atom is -0.424 e. The van der Waals surface area contributed by atoms with E-state index in [0.717, 1.165) is 17.7 Å². The maximum Gasteiger partial charge on any atom is 0.512 e. The van der Waals surface area contributed by atoms with Gasteiger partial charge in [0.25, 0.3) is 0 Å². The molecule has 2 heterocycles. The molecule has 5 aromatic rings. The lowest BCUT2D eigenvalue weighted by Crippen LogP contribution is -2.43. The van der Waals surface area contributed by atoms with E-state index in [4.69, 9.17) is 19.2 Å². The Morgan fingerprint density at radius 2 is 1.83 bits per heavy atom. The summed E-state index contributed by atoms with van der Waals surface area (Å²) in [5, 5.41) is 34.1. The van der Waals surface area contributed by atoms with E-state index >= 15 is 4.39 Å². The number of hydrogen-bond donors (Lipinski definition) is 2. The van der Waals surface area contributed by atoms with Crippen molar-refractivity contribution in [2.45, 2.75) is 31.5 Å². The van der Waals surface area contributed by atoms with Crippen molar-refractivity contribution in [1.82, 2.24) is 24.6 Å². The van der Waals surface area contributed by atoms with E-state index < -0.39 is 42.1 Å². The predicted octanol–water partition coefficient (Wildman–Crippen LogP) is 5.00. The number of aliphatic hydroxyl groups is 2. The number of hydrogen-bond acceptors (Lipinski definition) is 13. The second-order valence-electron chi connectivity index (χ2n) is 11.6. The summed E-state index contributed by atoms with van der Waals surface area (Å²) in [6.07, 6.45) is 1.25. The highest BCUT2D eigenvalue weighted by Gasteiger charge is 2.47. The van der Waals surface area contributed by atoms with Crippen LogP contribution in [0, 0.1) is 23.0 Å². The molecule has 270 valence electrons. The molecule has 13 nitrogen and oxygen atoms in total. The standard InChI is InChI=1S/C36H34F2N6O7S/c1-24(33-42-32(19-52-33)27-7-5-25(17-39)6-8-27)36(20-44-22-40-21-41-44,30-10-9-29(37)16-31(30)38)51-35(48)50-23-49-34(47)28-4-2-3-26(15-28)18-43(11-13-45)12-14-46/h2-10,15-16,19,21-22,24,45-46H,11-14,18,20,23H2,1H3/t24-,36+/m0/s1. The minimum atomic E-state index is -1.95. The molecule has 0 amide bonds. The first-order valence-corrected chi connectivity index (χ1v) is 16.8. The van der Waals surface area contributed by atoms with Gasteiger partial charge in [-0.1, -0.05) is 31.2 Å². The molecule has 0 spiro atoms. The smallest absolute Gasteiger partial charge is 0.424 e. The number of halogens is 2. The van der Waals surface area contributed by atoms with Crippen molar-refractivity contribution in [3.05, 3.63) is 124 Å². The molecule has 0 fully saturated rings. The van der Waals surface area contributed by atoms with E-state index in [1.807, 2.05) is 0 Å². The molecule has 5 rings (SSSR count). The molecule has 3 aromatic carbocycles. The largest absolute Gasteiger partial charge is 0.512 e. The first kappa shape index (κ1) is 37.7. The van der Waals surface area contributed by atoms with Crippen LogP contribution in [0.4, 0.5) is 13.6 Å². The zero-order chi connectivity index (χ0) is 37.1. The third-order valence-corrected chi connectivity index (χ3v) is 9.21. The number of benzene rings is 3. The Morgan fingerprint density at radius 3 is 2.50 bits per heavy atom. The summed E-state index contributed by atoms with van der Waals surface area (Å²) in [6, 6.07) is 18.2. The van der Waals surface area contributed by atoms with Gasteiger partial charge >= 0.3 is 12.1 Å².